The second-order valence-electron chi connectivity index (χ2n) is 7.41. The maximum Gasteiger partial charge on any atom is 0.251 e. The molecule has 1 fully saturated rings. The number of hydrogen-bond acceptors (Lipinski definition) is 2. The number of nitrogens with zero attached hydrogens (tertiary/aromatic N) is 1. The first-order valence-corrected chi connectivity index (χ1v) is 8.49. The Kier molecular flexibility index (Phi) is 5.45. The van der Waals surface area contributed by atoms with Crippen molar-refractivity contribution in [2.24, 2.45) is 0 Å². The van der Waals surface area contributed by atoms with Gasteiger partial charge in [0, 0.05) is 18.7 Å². The third-order valence-electron chi connectivity index (χ3n) is 4.40. The highest BCUT2D eigenvalue weighted by atomic mass is 16.2. The van der Waals surface area contributed by atoms with Crippen LogP contribution in [-0.4, -0.2) is 35.8 Å². The first kappa shape index (κ1) is 17.5. The highest BCUT2D eigenvalue weighted by Crippen LogP contribution is 2.22. The minimum absolute atomic E-state index is 0.0179. The molecule has 1 aliphatic heterocycles. The number of rotatable bonds is 3. The molecule has 1 atom stereocenters. The van der Waals surface area contributed by atoms with Gasteiger partial charge in [-0.25, -0.2) is 0 Å². The molecule has 1 aromatic carbocycles. The van der Waals surface area contributed by atoms with Gasteiger partial charge in [0.2, 0.25) is 5.91 Å². The van der Waals surface area contributed by atoms with Gasteiger partial charge < -0.3 is 10.2 Å². The third kappa shape index (κ3) is 4.57. The lowest BCUT2D eigenvalue weighted by Gasteiger charge is -2.29. The molecule has 0 saturated carbocycles. The van der Waals surface area contributed by atoms with E-state index in [4.69, 9.17) is 0 Å². The molecule has 1 heterocycles. The number of piperidine rings is 1. The Balaban J connectivity index is 1.96. The zero-order valence-electron chi connectivity index (χ0n) is 14.7. The quantitative estimate of drug-likeness (QED) is 0.931. The summed E-state index contributed by atoms with van der Waals surface area (Å²) in [4.78, 5) is 26.5. The molecule has 1 saturated heterocycles. The summed E-state index contributed by atoms with van der Waals surface area (Å²) in [6.45, 7) is 9.79. The van der Waals surface area contributed by atoms with E-state index in [2.05, 4.69) is 26.1 Å². The van der Waals surface area contributed by atoms with E-state index in [-0.39, 0.29) is 17.2 Å². The van der Waals surface area contributed by atoms with Crippen LogP contribution in [0.5, 0.6) is 0 Å². The molecule has 2 rings (SSSR count). The van der Waals surface area contributed by atoms with Crippen molar-refractivity contribution in [2.75, 3.05) is 13.1 Å². The van der Waals surface area contributed by atoms with Gasteiger partial charge in [0.15, 0.2) is 0 Å². The molecule has 1 aliphatic rings. The minimum atomic E-state index is -0.483. The van der Waals surface area contributed by atoms with Gasteiger partial charge in [-0.2, -0.15) is 0 Å². The van der Waals surface area contributed by atoms with Crippen molar-refractivity contribution in [3.63, 3.8) is 0 Å². The summed E-state index contributed by atoms with van der Waals surface area (Å²) < 4.78 is 0. The molecule has 1 N–H and O–H groups in total. The molecule has 0 bridgehead atoms. The van der Waals surface area contributed by atoms with E-state index < -0.39 is 6.04 Å². The molecule has 4 nitrogen and oxygen atoms in total. The highest BCUT2D eigenvalue weighted by molar-refractivity contribution is 5.97. The SMILES string of the molecule is C[C@H](NC(=O)c1ccc(C(C)(C)C)cc1)C(=O)N1CCCCC1. The third-order valence-corrected chi connectivity index (χ3v) is 4.40. The molecule has 2 amide bonds. The van der Waals surface area contributed by atoms with Crippen LogP contribution in [0.3, 0.4) is 0 Å². The fourth-order valence-corrected chi connectivity index (χ4v) is 2.85. The zero-order valence-corrected chi connectivity index (χ0v) is 14.7. The first-order chi connectivity index (χ1) is 10.8. The summed E-state index contributed by atoms with van der Waals surface area (Å²) in [5.41, 5.74) is 1.84. The second kappa shape index (κ2) is 7.16. The molecule has 0 radical (unpaired) electrons. The maximum atomic E-state index is 12.4. The standard InChI is InChI=1S/C19H28N2O2/c1-14(18(23)21-12-6-5-7-13-21)20-17(22)15-8-10-16(11-9-15)19(2,3)4/h8-11,14H,5-7,12-13H2,1-4H3,(H,20,22)/t14-/m0/s1. The number of benzene rings is 1. The van der Waals surface area contributed by atoms with Crippen LogP contribution < -0.4 is 5.32 Å². The average molecular weight is 316 g/mol. The topological polar surface area (TPSA) is 49.4 Å². The number of amides is 2. The van der Waals surface area contributed by atoms with E-state index in [1.807, 2.05) is 29.2 Å². The van der Waals surface area contributed by atoms with Crippen molar-refractivity contribution in [1.82, 2.24) is 10.2 Å². The minimum Gasteiger partial charge on any atom is -0.341 e. The average Bonchev–Trinajstić information content (AvgIpc) is 2.54. The van der Waals surface area contributed by atoms with Gasteiger partial charge in [-0.15, -0.1) is 0 Å². The van der Waals surface area contributed by atoms with Crippen LogP contribution in [0.1, 0.15) is 62.9 Å². The Morgan fingerprint density at radius 3 is 2.13 bits per heavy atom. The van der Waals surface area contributed by atoms with Gasteiger partial charge >= 0.3 is 0 Å². The summed E-state index contributed by atoms with van der Waals surface area (Å²) >= 11 is 0. The predicted octanol–water partition coefficient (Wildman–Crippen LogP) is 3.11. The number of nitrogens with one attached hydrogen (secondary N) is 1. The lowest BCUT2D eigenvalue weighted by Crippen LogP contribution is -2.48. The summed E-state index contributed by atoms with van der Waals surface area (Å²) in [6.07, 6.45) is 3.30. The molecular weight excluding hydrogens is 288 g/mol. The van der Waals surface area contributed by atoms with Crippen LogP contribution in [0.25, 0.3) is 0 Å². The highest BCUT2D eigenvalue weighted by Gasteiger charge is 2.23. The monoisotopic (exact) mass is 316 g/mol. The molecule has 0 spiro atoms. The van der Waals surface area contributed by atoms with Gasteiger partial charge in [0.1, 0.15) is 6.04 Å². The molecule has 0 aromatic heterocycles. The van der Waals surface area contributed by atoms with Gasteiger partial charge in [-0.3, -0.25) is 9.59 Å². The van der Waals surface area contributed by atoms with Crippen LogP contribution in [-0.2, 0) is 10.2 Å². The van der Waals surface area contributed by atoms with Crippen molar-refractivity contribution < 1.29 is 9.59 Å². The molecule has 4 heteroatoms. The maximum absolute atomic E-state index is 12.4. The van der Waals surface area contributed by atoms with Crippen molar-refractivity contribution in [2.45, 2.75) is 58.4 Å². The molecule has 126 valence electrons. The van der Waals surface area contributed by atoms with E-state index >= 15 is 0 Å². The fraction of sp³-hybridized carbons (Fsp3) is 0.579. The smallest absolute Gasteiger partial charge is 0.251 e. The second-order valence-corrected chi connectivity index (χ2v) is 7.41. The van der Waals surface area contributed by atoms with Crippen molar-refractivity contribution >= 4 is 11.8 Å². The largest absolute Gasteiger partial charge is 0.341 e. The van der Waals surface area contributed by atoms with Gasteiger partial charge in [0.25, 0.3) is 5.91 Å². The molecular formula is C19H28N2O2. The lowest BCUT2D eigenvalue weighted by atomic mass is 9.86. The number of likely N-dealkylation sites (tertiary alicyclic amines) is 1. The van der Waals surface area contributed by atoms with E-state index in [9.17, 15) is 9.59 Å². The summed E-state index contributed by atoms with van der Waals surface area (Å²) in [7, 11) is 0. The summed E-state index contributed by atoms with van der Waals surface area (Å²) in [5, 5.41) is 2.82. The van der Waals surface area contributed by atoms with E-state index in [0.717, 1.165) is 25.9 Å². The zero-order chi connectivity index (χ0) is 17.0. The Morgan fingerprint density at radius 2 is 1.61 bits per heavy atom. The number of carbonyl (C=O) groups is 2. The normalized spacial score (nSPS) is 16.8. The van der Waals surface area contributed by atoms with Gasteiger partial charge in [-0.1, -0.05) is 32.9 Å². The van der Waals surface area contributed by atoms with Crippen molar-refractivity contribution in [3.8, 4) is 0 Å². The first-order valence-electron chi connectivity index (χ1n) is 8.49. The Hall–Kier alpha value is -1.84. The van der Waals surface area contributed by atoms with Crippen LogP contribution in [0, 0.1) is 0 Å². The van der Waals surface area contributed by atoms with Crippen LogP contribution in [0.2, 0.25) is 0 Å². The Bertz CT molecular complexity index is 552. The lowest BCUT2D eigenvalue weighted by molar-refractivity contribution is -0.133. The van der Waals surface area contributed by atoms with E-state index in [1.165, 1.54) is 12.0 Å². The van der Waals surface area contributed by atoms with Crippen LogP contribution in [0.15, 0.2) is 24.3 Å². The van der Waals surface area contributed by atoms with Gasteiger partial charge in [0.05, 0.1) is 0 Å². The molecule has 0 unspecified atom stereocenters. The number of hydrogen-bond donors (Lipinski definition) is 1. The summed E-state index contributed by atoms with van der Waals surface area (Å²) in [6, 6.07) is 7.13. The van der Waals surface area contributed by atoms with E-state index in [0.29, 0.717) is 5.56 Å². The van der Waals surface area contributed by atoms with E-state index in [1.54, 1.807) is 6.92 Å². The van der Waals surface area contributed by atoms with Crippen molar-refractivity contribution in [1.29, 1.82) is 0 Å². The van der Waals surface area contributed by atoms with Crippen molar-refractivity contribution in [3.05, 3.63) is 35.4 Å². The van der Waals surface area contributed by atoms with Crippen LogP contribution in [0.4, 0.5) is 0 Å². The predicted molar refractivity (Wildman–Crippen MR) is 92.5 cm³/mol. The summed E-state index contributed by atoms with van der Waals surface area (Å²) in [5.74, 6) is -0.173. The molecule has 1 aromatic rings. The van der Waals surface area contributed by atoms with Gasteiger partial charge in [-0.05, 0) is 49.3 Å². The Morgan fingerprint density at radius 1 is 1.04 bits per heavy atom. The molecule has 0 aliphatic carbocycles. The molecule has 23 heavy (non-hydrogen) atoms. The fourth-order valence-electron chi connectivity index (χ4n) is 2.85. The number of carbonyl (C=O) groups excluding carboxylic acids is 2. The Labute approximate surface area is 139 Å². The van der Waals surface area contributed by atoms with Crippen LogP contribution >= 0.6 is 0 Å².